The summed E-state index contributed by atoms with van der Waals surface area (Å²) in [5.41, 5.74) is 0.933. The van der Waals surface area contributed by atoms with Crippen LogP contribution in [-0.2, 0) is 9.59 Å². The summed E-state index contributed by atoms with van der Waals surface area (Å²) in [7, 11) is 0. The summed E-state index contributed by atoms with van der Waals surface area (Å²) in [6.07, 6.45) is -0.181. The second-order valence-electron chi connectivity index (χ2n) is 6.13. The molecule has 0 spiro atoms. The van der Waals surface area contributed by atoms with E-state index in [2.05, 4.69) is 20.7 Å². The molecule has 0 bridgehead atoms. The van der Waals surface area contributed by atoms with E-state index >= 15 is 0 Å². The molecule has 2 aromatic carbocycles. The normalized spacial score (nSPS) is 15.0. The number of nitro benzene ring substituents is 1. The molecule has 1 atom stereocenters. The van der Waals surface area contributed by atoms with Gasteiger partial charge in [0, 0.05) is 23.4 Å². The van der Waals surface area contributed by atoms with Crippen molar-refractivity contribution in [3.8, 4) is 11.4 Å². The minimum Gasteiger partial charge on any atom is -0.326 e. The third-order valence-electron chi connectivity index (χ3n) is 4.22. The van der Waals surface area contributed by atoms with Gasteiger partial charge in [0.15, 0.2) is 5.82 Å². The molecule has 10 nitrogen and oxygen atoms in total. The van der Waals surface area contributed by atoms with E-state index in [-0.39, 0.29) is 29.7 Å². The van der Waals surface area contributed by atoms with Crippen LogP contribution in [0.5, 0.6) is 0 Å². The Bertz CT molecular complexity index is 1080. The zero-order chi connectivity index (χ0) is 19.7. The van der Waals surface area contributed by atoms with Crippen LogP contribution in [0.25, 0.3) is 11.4 Å². The van der Waals surface area contributed by atoms with Gasteiger partial charge in [-0.25, -0.2) is 4.68 Å². The smallest absolute Gasteiger partial charge is 0.271 e. The number of carbonyl (C=O) groups excluding carboxylic acids is 2. The molecule has 4 rings (SSSR count). The second-order valence-corrected chi connectivity index (χ2v) is 6.13. The molecule has 2 amide bonds. The van der Waals surface area contributed by atoms with Crippen LogP contribution >= 0.6 is 0 Å². The van der Waals surface area contributed by atoms with Gasteiger partial charge in [-0.1, -0.05) is 36.4 Å². The third kappa shape index (κ3) is 3.30. The van der Waals surface area contributed by atoms with Gasteiger partial charge < -0.3 is 5.32 Å². The van der Waals surface area contributed by atoms with Gasteiger partial charge in [0.05, 0.1) is 11.3 Å². The molecule has 1 aliphatic heterocycles. The van der Waals surface area contributed by atoms with E-state index in [0.29, 0.717) is 5.82 Å². The number of nitro groups is 1. The van der Waals surface area contributed by atoms with Crippen molar-refractivity contribution in [3.05, 3.63) is 64.7 Å². The van der Waals surface area contributed by atoms with Gasteiger partial charge in [0.25, 0.3) is 11.6 Å². The molecule has 28 heavy (non-hydrogen) atoms. The van der Waals surface area contributed by atoms with Gasteiger partial charge in [-0.3, -0.25) is 25.0 Å². The van der Waals surface area contributed by atoms with Crippen LogP contribution in [0, 0.1) is 10.1 Å². The van der Waals surface area contributed by atoms with Gasteiger partial charge in [-0.15, -0.1) is 5.10 Å². The lowest BCUT2D eigenvalue weighted by Gasteiger charge is -2.09. The van der Waals surface area contributed by atoms with Crippen LogP contribution in [0.3, 0.4) is 0 Å². The zero-order valence-electron chi connectivity index (χ0n) is 14.4. The van der Waals surface area contributed by atoms with E-state index in [0.717, 1.165) is 5.56 Å². The molecule has 1 aromatic heterocycles. The first-order valence-electron chi connectivity index (χ1n) is 8.38. The summed E-state index contributed by atoms with van der Waals surface area (Å²) in [5.74, 6) is -0.134. The van der Waals surface area contributed by atoms with E-state index in [1.54, 1.807) is 0 Å². The number of non-ortho nitro benzene ring substituents is 1. The molecule has 2 N–H and O–H groups in total. The molecule has 0 fully saturated rings. The molecule has 0 radical (unpaired) electrons. The minimum absolute atomic E-state index is 0.137. The maximum absolute atomic E-state index is 12.4. The average Bonchev–Trinajstić information content (AvgIpc) is 3.21. The van der Waals surface area contributed by atoms with E-state index in [4.69, 9.17) is 0 Å². The van der Waals surface area contributed by atoms with Crippen LogP contribution in [0.2, 0.25) is 0 Å². The van der Waals surface area contributed by atoms with Crippen molar-refractivity contribution in [3.63, 3.8) is 0 Å². The predicted molar refractivity (Wildman–Crippen MR) is 99.5 cm³/mol. The first-order chi connectivity index (χ1) is 13.5. The first-order valence-corrected chi connectivity index (χ1v) is 8.38. The van der Waals surface area contributed by atoms with Crippen molar-refractivity contribution in [2.24, 2.45) is 0 Å². The fraction of sp³-hybridized carbons (Fsp3) is 0.111. The highest BCUT2D eigenvalue weighted by molar-refractivity contribution is 6.01. The number of carbonyl (C=O) groups is 2. The highest BCUT2D eigenvalue weighted by Crippen LogP contribution is 2.28. The minimum atomic E-state index is -0.848. The van der Waals surface area contributed by atoms with Gasteiger partial charge in [0.2, 0.25) is 11.9 Å². The number of nitrogens with one attached hydrogen (secondary N) is 2. The predicted octanol–water partition coefficient (Wildman–Crippen LogP) is 2.38. The van der Waals surface area contributed by atoms with Crippen molar-refractivity contribution in [1.82, 2.24) is 14.8 Å². The quantitative estimate of drug-likeness (QED) is 0.517. The topological polar surface area (TPSA) is 132 Å². The van der Waals surface area contributed by atoms with Gasteiger partial charge >= 0.3 is 0 Å². The number of amides is 2. The fourth-order valence-electron chi connectivity index (χ4n) is 2.90. The Morgan fingerprint density at radius 3 is 2.75 bits per heavy atom. The number of fused-ring (bicyclic) bond motifs is 1. The highest BCUT2D eigenvalue weighted by Gasteiger charge is 2.35. The van der Waals surface area contributed by atoms with Gasteiger partial charge in [0.1, 0.15) is 6.04 Å². The Morgan fingerprint density at radius 2 is 2.00 bits per heavy atom. The largest absolute Gasteiger partial charge is 0.326 e. The van der Waals surface area contributed by atoms with Crippen molar-refractivity contribution in [2.75, 3.05) is 10.6 Å². The SMILES string of the molecule is O=C(CC1C(=O)Nc2nc(-c3ccccc3)nn21)Nc1cccc([N+](=O)[O-])c1. The Hall–Kier alpha value is -4.08. The summed E-state index contributed by atoms with van der Waals surface area (Å²) in [6.45, 7) is 0. The standard InChI is InChI=1S/C18H14N6O4/c25-15(19-12-7-4-8-13(9-12)24(27)28)10-14-17(26)21-18-20-16(22-23(14)18)11-5-2-1-3-6-11/h1-9,14H,10H2,(H,19,25)(H,20,21,22,26). The Labute approximate surface area is 158 Å². The molecule has 3 aromatic rings. The number of rotatable bonds is 5. The molecular formula is C18H14N6O4. The maximum atomic E-state index is 12.4. The van der Waals surface area contributed by atoms with Crippen LogP contribution < -0.4 is 10.6 Å². The molecule has 10 heteroatoms. The van der Waals surface area contributed by atoms with Crippen molar-refractivity contribution < 1.29 is 14.5 Å². The van der Waals surface area contributed by atoms with Crippen molar-refractivity contribution in [1.29, 1.82) is 0 Å². The lowest BCUT2D eigenvalue weighted by molar-refractivity contribution is -0.384. The molecule has 0 saturated carbocycles. The van der Waals surface area contributed by atoms with E-state index in [1.807, 2.05) is 30.3 Å². The number of nitrogens with zero attached hydrogens (tertiary/aromatic N) is 4. The number of hydrogen-bond donors (Lipinski definition) is 2. The maximum Gasteiger partial charge on any atom is 0.271 e. The van der Waals surface area contributed by atoms with Crippen LogP contribution in [-0.4, -0.2) is 31.5 Å². The Morgan fingerprint density at radius 1 is 1.21 bits per heavy atom. The Kier molecular flexibility index (Phi) is 4.28. The molecule has 2 heterocycles. The lowest BCUT2D eigenvalue weighted by Crippen LogP contribution is -2.23. The van der Waals surface area contributed by atoms with Gasteiger partial charge in [-0.2, -0.15) is 4.98 Å². The third-order valence-corrected chi connectivity index (χ3v) is 4.22. The van der Waals surface area contributed by atoms with Crippen molar-refractivity contribution in [2.45, 2.75) is 12.5 Å². The van der Waals surface area contributed by atoms with Crippen LogP contribution in [0.4, 0.5) is 17.3 Å². The number of hydrogen-bond acceptors (Lipinski definition) is 6. The van der Waals surface area contributed by atoms with Crippen molar-refractivity contribution >= 4 is 29.1 Å². The number of anilines is 2. The summed E-state index contributed by atoms with van der Waals surface area (Å²) in [6, 6.07) is 14.0. The number of aromatic nitrogens is 3. The summed E-state index contributed by atoms with van der Waals surface area (Å²) in [5, 5.41) is 20.4. The lowest BCUT2D eigenvalue weighted by atomic mass is 10.2. The molecule has 0 saturated heterocycles. The van der Waals surface area contributed by atoms with Crippen LogP contribution in [0.15, 0.2) is 54.6 Å². The van der Waals surface area contributed by atoms with E-state index in [9.17, 15) is 19.7 Å². The fourth-order valence-corrected chi connectivity index (χ4v) is 2.90. The summed E-state index contributed by atoms with van der Waals surface area (Å²) >= 11 is 0. The average molecular weight is 378 g/mol. The Balaban J connectivity index is 1.51. The van der Waals surface area contributed by atoms with E-state index in [1.165, 1.54) is 28.9 Å². The van der Waals surface area contributed by atoms with E-state index < -0.39 is 16.9 Å². The molecule has 0 aliphatic carbocycles. The second kappa shape index (κ2) is 6.91. The van der Waals surface area contributed by atoms with Crippen LogP contribution in [0.1, 0.15) is 12.5 Å². The number of benzene rings is 2. The zero-order valence-corrected chi connectivity index (χ0v) is 14.4. The molecule has 1 unspecified atom stereocenters. The summed E-state index contributed by atoms with van der Waals surface area (Å²) in [4.78, 5) is 39.1. The first kappa shape index (κ1) is 17.3. The monoisotopic (exact) mass is 378 g/mol. The molecular weight excluding hydrogens is 364 g/mol. The molecule has 140 valence electrons. The summed E-state index contributed by atoms with van der Waals surface area (Å²) < 4.78 is 1.39. The van der Waals surface area contributed by atoms with Gasteiger partial charge in [-0.05, 0) is 6.07 Å². The molecule has 1 aliphatic rings. The highest BCUT2D eigenvalue weighted by atomic mass is 16.6.